The zero-order valence-corrected chi connectivity index (χ0v) is 19.5. The molecule has 0 N–H and O–H groups in total. The Kier molecular flexibility index (Phi) is 6.31. The van der Waals surface area contributed by atoms with Crippen LogP contribution in [0.25, 0.3) is 21.3 Å². The highest BCUT2D eigenvalue weighted by Gasteiger charge is 2.23. The van der Waals surface area contributed by atoms with Crippen LogP contribution in [0.15, 0.2) is 97.2 Å². The average Bonchev–Trinajstić information content (AvgIpc) is 3.33. The van der Waals surface area contributed by atoms with Crippen molar-refractivity contribution in [3.63, 3.8) is 0 Å². The van der Waals surface area contributed by atoms with Gasteiger partial charge in [-0.15, -0.1) is 0 Å². The number of hydrogen-bond donors (Lipinski definition) is 0. The molecule has 168 valence electrons. The molecule has 0 atom stereocenters. The van der Waals surface area contributed by atoms with Crippen molar-refractivity contribution in [2.24, 2.45) is 0 Å². The molecular formula is C28H23N3O2S. The van der Waals surface area contributed by atoms with E-state index >= 15 is 0 Å². The molecule has 1 amide bonds. The second kappa shape index (κ2) is 9.85. The van der Waals surface area contributed by atoms with E-state index in [1.54, 1.807) is 11.1 Å². The Hall–Kier alpha value is -4.03. The van der Waals surface area contributed by atoms with Gasteiger partial charge in [0.25, 0.3) is 5.91 Å². The van der Waals surface area contributed by atoms with Gasteiger partial charge in [-0.05, 0) is 54.4 Å². The normalized spacial score (nSPS) is 10.9. The number of fused-ring (bicyclic) bond motifs is 1. The first kappa shape index (κ1) is 21.8. The number of carbonyl (C=O) groups excluding carboxylic acids is 1. The first-order valence-corrected chi connectivity index (χ1v) is 11.9. The van der Waals surface area contributed by atoms with E-state index in [2.05, 4.69) is 17.1 Å². The van der Waals surface area contributed by atoms with Crippen LogP contribution in [0.5, 0.6) is 5.75 Å². The quantitative estimate of drug-likeness (QED) is 0.272. The minimum Gasteiger partial charge on any atom is -0.492 e. The van der Waals surface area contributed by atoms with Crippen LogP contribution in [0.2, 0.25) is 0 Å². The first-order chi connectivity index (χ1) is 16.7. The molecule has 0 radical (unpaired) electrons. The minimum atomic E-state index is -0.123. The van der Waals surface area contributed by atoms with Gasteiger partial charge < -0.3 is 4.74 Å². The van der Waals surface area contributed by atoms with Crippen molar-refractivity contribution in [1.29, 1.82) is 0 Å². The molecule has 0 saturated carbocycles. The molecule has 2 aromatic heterocycles. The van der Waals surface area contributed by atoms with Crippen molar-refractivity contribution >= 4 is 32.6 Å². The number of anilines is 1. The third kappa shape index (κ3) is 4.54. The molecule has 0 saturated heterocycles. The SMILES string of the molecule is CCOc1cccc2sc(N(Cc3ccccn3)C(=O)c3ccc(-c4ccccc4)cc3)nc12. The molecule has 0 fully saturated rings. The van der Waals surface area contributed by atoms with E-state index in [0.717, 1.165) is 32.8 Å². The summed E-state index contributed by atoms with van der Waals surface area (Å²) in [5.74, 6) is 0.599. The van der Waals surface area contributed by atoms with Crippen LogP contribution in [-0.2, 0) is 6.54 Å². The highest BCUT2D eigenvalue weighted by Crippen LogP contribution is 2.35. The van der Waals surface area contributed by atoms with Gasteiger partial charge in [0, 0.05) is 11.8 Å². The predicted octanol–water partition coefficient (Wildman–Crippen LogP) is 6.60. The van der Waals surface area contributed by atoms with Gasteiger partial charge in [-0.2, -0.15) is 0 Å². The Balaban J connectivity index is 1.52. The van der Waals surface area contributed by atoms with E-state index < -0.39 is 0 Å². The van der Waals surface area contributed by atoms with Gasteiger partial charge in [-0.1, -0.05) is 65.9 Å². The minimum absolute atomic E-state index is 0.123. The Bertz CT molecular complexity index is 1400. The smallest absolute Gasteiger partial charge is 0.260 e. The highest BCUT2D eigenvalue weighted by atomic mass is 32.1. The number of benzene rings is 3. The Morgan fingerprint density at radius 1 is 0.882 bits per heavy atom. The molecule has 6 heteroatoms. The van der Waals surface area contributed by atoms with E-state index in [-0.39, 0.29) is 5.91 Å². The summed E-state index contributed by atoms with van der Waals surface area (Å²) in [6.45, 7) is 2.82. The van der Waals surface area contributed by atoms with Crippen LogP contribution in [0.3, 0.4) is 0 Å². The standard InChI is InChI=1S/C28H23N3O2S/c1-2-33-24-12-8-13-25-26(24)30-28(34-25)31(19-23-11-6-7-18-29-23)27(32)22-16-14-21(15-17-22)20-9-4-3-5-10-20/h3-18H,2,19H2,1H3. The van der Waals surface area contributed by atoms with Gasteiger partial charge in [0.05, 0.1) is 23.5 Å². The Labute approximate surface area is 202 Å². The van der Waals surface area contributed by atoms with Crippen LogP contribution in [0, 0.1) is 0 Å². The van der Waals surface area contributed by atoms with Gasteiger partial charge in [0.1, 0.15) is 11.3 Å². The molecule has 0 aliphatic carbocycles. The predicted molar refractivity (Wildman–Crippen MR) is 137 cm³/mol. The van der Waals surface area contributed by atoms with E-state index in [4.69, 9.17) is 9.72 Å². The molecule has 5 nitrogen and oxygen atoms in total. The second-order valence-corrected chi connectivity index (χ2v) is 8.70. The summed E-state index contributed by atoms with van der Waals surface area (Å²) in [5.41, 5.74) is 4.33. The first-order valence-electron chi connectivity index (χ1n) is 11.1. The van der Waals surface area contributed by atoms with Crippen molar-refractivity contribution in [1.82, 2.24) is 9.97 Å². The lowest BCUT2D eigenvalue weighted by molar-refractivity contribution is 0.0985. The molecular weight excluding hydrogens is 442 g/mol. The number of carbonyl (C=O) groups is 1. The zero-order chi connectivity index (χ0) is 23.3. The zero-order valence-electron chi connectivity index (χ0n) is 18.7. The molecule has 3 aromatic carbocycles. The summed E-state index contributed by atoms with van der Waals surface area (Å²) in [6, 6.07) is 29.4. The fraction of sp³-hybridized carbons (Fsp3) is 0.107. The molecule has 0 aliphatic rings. The van der Waals surface area contributed by atoms with Crippen molar-refractivity contribution in [2.75, 3.05) is 11.5 Å². The fourth-order valence-corrected chi connectivity index (χ4v) is 4.75. The third-order valence-electron chi connectivity index (χ3n) is 5.43. The third-order valence-corrected chi connectivity index (χ3v) is 6.48. The average molecular weight is 466 g/mol. The fourth-order valence-electron chi connectivity index (χ4n) is 3.77. The van der Waals surface area contributed by atoms with Crippen LogP contribution in [-0.4, -0.2) is 22.5 Å². The summed E-state index contributed by atoms with van der Waals surface area (Å²) in [6.07, 6.45) is 1.73. The number of rotatable bonds is 7. The molecule has 0 unspecified atom stereocenters. The maximum absolute atomic E-state index is 13.7. The number of thiazole rings is 1. The molecule has 0 aliphatic heterocycles. The largest absolute Gasteiger partial charge is 0.492 e. The maximum Gasteiger partial charge on any atom is 0.260 e. The maximum atomic E-state index is 13.7. The summed E-state index contributed by atoms with van der Waals surface area (Å²) in [5, 5.41) is 0.616. The van der Waals surface area contributed by atoms with E-state index in [1.165, 1.54) is 11.3 Å². The number of para-hydroxylation sites is 1. The number of pyridine rings is 1. The molecule has 5 rings (SSSR count). The van der Waals surface area contributed by atoms with Gasteiger partial charge >= 0.3 is 0 Å². The molecule has 2 heterocycles. The summed E-state index contributed by atoms with van der Waals surface area (Å²) < 4.78 is 6.73. The molecule has 0 spiro atoms. The molecule has 34 heavy (non-hydrogen) atoms. The lowest BCUT2D eigenvalue weighted by Crippen LogP contribution is -2.30. The van der Waals surface area contributed by atoms with Crippen LogP contribution < -0.4 is 9.64 Å². The lowest BCUT2D eigenvalue weighted by atomic mass is 10.0. The van der Waals surface area contributed by atoms with Gasteiger partial charge in [0.2, 0.25) is 0 Å². The molecule has 0 bridgehead atoms. The van der Waals surface area contributed by atoms with Gasteiger partial charge in [-0.3, -0.25) is 14.7 Å². The van der Waals surface area contributed by atoms with Crippen LogP contribution in [0.4, 0.5) is 5.13 Å². The van der Waals surface area contributed by atoms with Gasteiger partial charge in [0.15, 0.2) is 5.13 Å². The van der Waals surface area contributed by atoms with Gasteiger partial charge in [-0.25, -0.2) is 4.98 Å². The van der Waals surface area contributed by atoms with Crippen molar-refractivity contribution in [2.45, 2.75) is 13.5 Å². The number of ether oxygens (including phenoxy) is 1. The van der Waals surface area contributed by atoms with Crippen molar-refractivity contribution < 1.29 is 9.53 Å². The van der Waals surface area contributed by atoms with E-state index in [9.17, 15) is 4.79 Å². The Morgan fingerprint density at radius 2 is 1.65 bits per heavy atom. The van der Waals surface area contributed by atoms with E-state index in [0.29, 0.717) is 23.8 Å². The number of nitrogens with zero attached hydrogens (tertiary/aromatic N) is 3. The van der Waals surface area contributed by atoms with Crippen LogP contribution >= 0.6 is 11.3 Å². The van der Waals surface area contributed by atoms with Crippen molar-refractivity contribution in [3.8, 4) is 16.9 Å². The topological polar surface area (TPSA) is 55.3 Å². The van der Waals surface area contributed by atoms with Crippen LogP contribution in [0.1, 0.15) is 23.0 Å². The number of amides is 1. The summed E-state index contributed by atoms with van der Waals surface area (Å²) >= 11 is 1.47. The second-order valence-electron chi connectivity index (χ2n) is 7.69. The van der Waals surface area contributed by atoms with E-state index in [1.807, 2.05) is 85.8 Å². The number of hydrogen-bond acceptors (Lipinski definition) is 5. The number of aromatic nitrogens is 2. The lowest BCUT2D eigenvalue weighted by Gasteiger charge is -2.20. The summed E-state index contributed by atoms with van der Waals surface area (Å²) in [4.78, 5) is 24.7. The van der Waals surface area contributed by atoms with Crippen molar-refractivity contribution in [3.05, 3.63) is 108 Å². The monoisotopic (exact) mass is 465 g/mol. The Morgan fingerprint density at radius 3 is 2.38 bits per heavy atom. The highest BCUT2D eigenvalue weighted by molar-refractivity contribution is 7.22. The summed E-state index contributed by atoms with van der Waals surface area (Å²) in [7, 11) is 0. The molecule has 5 aromatic rings.